The number of aromatic nitrogens is 3. The molecule has 0 radical (unpaired) electrons. The van der Waals surface area contributed by atoms with Crippen molar-refractivity contribution in [3.05, 3.63) is 49.8 Å². The highest BCUT2D eigenvalue weighted by Gasteiger charge is 2.26. The Bertz CT molecular complexity index is 1290. The van der Waals surface area contributed by atoms with E-state index < -0.39 is 0 Å². The molecular weight excluding hydrogens is 432 g/mol. The van der Waals surface area contributed by atoms with Crippen LogP contribution in [0, 0.1) is 11.1 Å². The lowest BCUT2D eigenvalue weighted by molar-refractivity contribution is 0.172. The Morgan fingerprint density at radius 2 is 2.19 bits per heavy atom. The van der Waals surface area contributed by atoms with Crippen LogP contribution < -0.4 is 15.6 Å². The highest BCUT2D eigenvalue weighted by Crippen LogP contribution is 2.39. The van der Waals surface area contributed by atoms with E-state index in [0.29, 0.717) is 18.9 Å². The molecule has 8 nitrogen and oxygen atoms in total. The second-order valence-corrected chi connectivity index (χ2v) is 10.3. The molecule has 0 saturated carbocycles. The zero-order valence-electron chi connectivity index (χ0n) is 17.3. The Hall–Kier alpha value is -2.37. The predicted octanol–water partition coefficient (Wildman–Crippen LogP) is 4.16. The van der Waals surface area contributed by atoms with E-state index in [1.54, 1.807) is 17.7 Å². The molecule has 0 fully saturated rings. The van der Waals surface area contributed by atoms with Crippen LogP contribution in [-0.2, 0) is 12.8 Å². The number of hydrogen-bond acceptors (Lipinski definition) is 9. The number of hydrogen-bond donors (Lipinski definition) is 3. The van der Waals surface area contributed by atoms with Crippen molar-refractivity contribution in [2.24, 2.45) is 5.92 Å². The summed E-state index contributed by atoms with van der Waals surface area (Å²) in [5.74, 6) is 1.19. The summed E-state index contributed by atoms with van der Waals surface area (Å²) in [5, 5.41) is 18.0. The summed E-state index contributed by atoms with van der Waals surface area (Å²) in [7, 11) is 0. The molecule has 0 spiro atoms. The van der Waals surface area contributed by atoms with Gasteiger partial charge in [0.1, 0.15) is 17.0 Å². The van der Waals surface area contributed by atoms with Gasteiger partial charge < -0.3 is 20.7 Å². The van der Waals surface area contributed by atoms with Crippen LogP contribution in [0.3, 0.4) is 0 Å². The number of aromatic amines is 1. The van der Waals surface area contributed by atoms with Gasteiger partial charge in [-0.2, -0.15) is 0 Å². The van der Waals surface area contributed by atoms with Crippen molar-refractivity contribution in [2.45, 2.75) is 39.2 Å². The van der Waals surface area contributed by atoms with Crippen molar-refractivity contribution >= 4 is 54.6 Å². The number of hydroxylamine groups is 1. The van der Waals surface area contributed by atoms with E-state index in [1.165, 1.54) is 21.8 Å². The third-order valence-corrected chi connectivity index (χ3v) is 7.50. The number of thiophene rings is 1. The predicted molar refractivity (Wildman–Crippen MR) is 127 cm³/mol. The molecule has 31 heavy (non-hydrogen) atoms. The van der Waals surface area contributed by atoms with Crippen LogP contribution in [0.15, 0.2) is 29.3 Å². The number of aryl methyl sites for hydroxylation is 1. The van der Waals surface area contributed by atoms with Crippen LogP contribution in [0.4, 0.5) is 11.5 Å². The molecule has 1 aliphatic carbocycles. The van der Waals surface area contributed by atoms with Gasteiger partial charge in [-0.05, 0) is 48.9 Å². The Kier molecular flexibility index (Phi) is 5.49. The zero-order valence-corrected chi connectivity index (χ0v) is 18.9. The Morgan fingerprint density at radius 1 is 1.32 bits per heavy atom. The van der Waals surface area contributed by atoms with E-state index in [0.717, 1.165) is 50.0 Å². The fourth-order valence-corrected chi connectivity index (χ4v) is 5.98. The third-order valence-electron chi connectivity index (χ3n) is 5.49. The van der Waals surface area contributed by atoms with Crippen molar-refractivity contribution in [2.75, 3.05) is 11.9 Å². The Morgan fingerprint density at radius 3 is 3.03 bits per heavy atom. The molecule has 0 saturated heterocycles. The number of benzene rings is 1. The number of nitrogens with one attached hydrogen (secondary N) is 3. The molecular formula is C21H23N6O2S2-. The van der Waals surface area contributed by atoms with E-state index in [-0.39, 0.29) is 10.9 Å². The summed E-state index contributed by atoms with van der Waals surface area (Å²) >= 11 is 2.84. The van der Waals surface area contributed by atoms with Crippen molar-refractivity contribution in [1.82, 2.24) is 25.5 Å². The van der Waals surface area contributed by atoms with Gasteiger partial charge in [-0.3, -0.25) is 10.2 Å². The van der Waals surface area contributed by atoms with Crippen LogP contribution >= 0.6 is 22.7 Å². The van der Waals surface area contributed by atoms with E-state index in [1.807, 2.05) is 18.2 Å². The van der Waals surface area contributed by atoms with Crippen molar-refractivity contribution in [3.63, 3.8) is 0 Å². The zero-order chi connectivity index (χ0) is 21.5. The largest absolute Gasteiger partial charge is 0.771 e. The van der Waals surface area contributed by atoms with Crippen LogP contribution in [-0.4, -0.2) is 32.7 Å². The molecule has 4 aromatic rings. The minimum Gasteiger partial charge on any atom is -0.771 e. The molecule has 162 valence electrons. The molecule has 0 bridgehead atoms. The van der Waals surface area contributed by atoms with Gasteiger partial charge in [-0.25, -0.2) is 9.97 Å². The average Bonchev–Trinajstić information content (AvgIpc) is 3.30. The minimum absolute atomic E-state index is 0.0617. The quantitative estimate of drug-likeness (QED) is 0.375. The summed E-state index contributed by atoms with van der Waals surface area (Å²) in [6.45, 7) is 4.86. The SMILES string of the molecule is CC(C)CNN([O-])C1CCc2c(sc3ncnc(Nc4ccc5[nH]c(=O)sc5c4)c23)C1. The molecule has 1 atom stereocenters. The fraction of sp³-hybridized carbons (Fsp3) is 0.381. The summed E-state index contributed by atoms with van der Waals surface area (Å²) in [5.41, 5.74) is 5.94. The van der Waals surface area contributed by atoms with Crippen LogP contribution in [0.5, 0.6) is 0 Å². The summed E-state index contributed by atoms with van der Waals surface area (Å²) in [4.78, 5) is 25.5. The lowest BCUT2D eigenvalue weighted by Crippen LogP contribution is -2.45. The van der Waals surface area contributed by atoms with Gasteiger partial charge in [0, 0.05) is 23.2 Å². The van der Waals surface area contributed by atoms with Gasteiger partial charge in [0.15, 0.2) is 0 Å². The number of hydrazine groups is 1. The van der Waals surface area contributed by atoms with Crippen molar-refractivity contribution in [1.29, 1.82) is 0 Å². The summed E-state index contributed by atoms with van der Waals surface area (Å²) < 4.78 is 0.903. The number of H-pyrrole nitrogens is 1. The molecule has 1 aliphatic rings. The minimum atomic E-state index is -0.0672. The maximum atomic E-state index is 12.5. The normalized spacial score (nSPS) is 16.5. The highest BCUT2D eigenvalue weighted by molar-refractivity contribution is 7.19. The second kappa shape index (κ2) is 8.29. The monoisotopic (exact) mass is 455 g/mol. The highest BCUT2D eigenvalue weighted by atomic mass is 32.1. The molecule has 1 aromatic carbocycles. The van der Waals surface area contributed by atoms with Crippen LogP contribution in [0.25, 0.3) is 20.4 Å². The molecule has 5 rings (SSSR count). The fourth-order valence-electron chi connectivity index (χ4n) is 3.95. The number of thiazole rings is 1. The number of fused-ring (bicyclic) bond motifs is 4. The smallest absolute Gasteiger partial charge is 0.305 e. The first kappa shape index (κ1) is 20.5. The summed E-state index contributed by atoms with van der Waals surface area (Å²) in [6.07, 6.45) is 3.91. The first-order chi connectivity index (χ1) is 15.0. The molecule has 0 aliphatic heterocycles. The topological polar surface area (TPSA) is 109 Å². The van der Waals surface area contributed by atoms with E-state index >= 15 is 0 Å². The molecule has 3 N–H and O–H groups in total. The van der Waals surface area contributed by atoms with E-state index in [2.05, 4.69) is 39.5 Å². The van der Waals surface area contributed by atoms with Gasteiger partial charge in [0.2, 0.25) is 0 Å². The molecule has 10 heteroatoms. The average molecular weight is 456 g/mol. The number of nitrogens with zero attached hydrogens (tertiary/aromatic N) is 3. The van der Waals surface area contributed by atoms with E-state index in [9.17, 15) is 10.0 Å². The Balaban J connectivity index is 1.43. The van der Waals surface area contributed by atoms with Crippen LogP contribution in [0.1, 0.15) is 30.7 Å². The molecule has 3 heterocycles. The molecule has 3 aromatic heterocycles. The molecule has 0 amide bonds. The first-order valence-electron chi connectivity index (χ1n) is 10.3. The number of rotatable bonds is 6. The first-order valence-corrected chi connectivity index (χ1v) is 12.0. The van der Waals surface area contributed by atoms with Gasteiger partial charge in [0.25, 0.3) is 0 Å². The summed E-state index contributed by atoms with van der Waals surface area (Å²) in [6, 6.07) is 5.72. The van der Waals surface area contributed by atoms with Crippen molar-refractivity contribution < 1.29 is 0 Å². The van der Waals surface area contributed by atoms with E-state index in [4.69, 9.17) is 0 Å². The lowest BCUT2D eigenvalue weighted by Gasteiger charge is -2.39. The third kappa shape index (κ3) is 4.09. The number of anilines is 2. The van der Waals surface area contributed by atoms with Crippen molar-refractivity contribution in [3.8, 4) is 0 Å². The maximum Gasteiger partial charge on any atom is 0.305 e. The Labute approximate surface area is 186 Å². The maximum absolute atomic E-state index is 12.5. The van der Waals surface area contributed by atoms with Gasteiger partial charge in [0.05, 0.1) is 15.6 Å². The van der Waals surface area contributed by atoms with Crippen LogP contribution in [0.2, 0.25) is 0 Å². The van der Waals surface area contributed by atoms with Gasteiger partial charge in [-0.1, -0.05) is 25.2 Å². The van der Waals surface area contributed by atoms with Gasteiger partial charge in [-0.15, -0.1) is 11.3 Å². The lowest BCUT2D eigenvalue weighted by atomic mass is 9.93. The molecule has 1 unspecified atom stereocenters. The second-order valence-electron chi connectivity index (χ2n) is 8.24. The standard InChI is InChI=1S/C21H23N6O2S2/c1-11(2)9-24-27(29)13-4-5-14-16(8-13)30-20-18(14)19(22-10-23-20)25-12-3-6-15-17(7-12)31-21(28)26-15/h3,6-7,10-11,13,24H,4-5,8-9H2,1-2H3,(H,26,28)(H,22,23,25)/q-1. The van der Waals surface area contributed by atoms with Gasteiger partial charge >= 0.3 is 4.87 Å².